The van der Waals surface area contributed by atoms with E-state index in [9.17, 15) is 23.6 Å². The molecule has 2 rings (SSSR count). The number of alkyl carbamates (subject to hydrolysis) is 2. The Morgan fingerprint density at radius 3 is 1.91 bits per heavy atom. The molecule has 1 aromatic carbocycles. The molecule has 1 aliphatic heterocycles. The minimum atomic E-state index is -1.59. The zero-order valence-electron chi connectivity index (χ0n) is 19.9. The highest BCUT2D eigenvalue weighted by Gasteiger charge is 2.37. The van der Waals surface area contributed by atoms with Gasteiger partial charge in [0.05, 0.1) is 23.7 Å². The monoisotopic (exact) mass is 465 g/mol. The molecule has 33 heavy (non-hydrogen) atoms. The lowest BCUT2D eigenvalue weighted by Crippen LogP contribution is -2.49. The second-order valence-electron chi connectivity index (χ2n) is 9.83. The van der Waals surface area contributed by atoms with E-state index in [2.05, 4.69) is 10.6 Å². The number of hydrogen-bond donors (Lipinski definition) is 2. The largest absolute Gasteiger partial charge is 0.444 e. The van der Waals surface area contributed by atoms with Gasteiger partial charge in [-0.3, -0.25) is 14.5 Å². The van der Waals surface area contributed by atoms with Crippen molar-refractivity contribution in [3.8, 4) is 0 Å². The van der Waals surface area contributed by atoms with Crippen LogP contribution in [0.4, 0.5) is 14.0 Å². The van der Waals surface area contributed by atoms with E-state index in [1.165, 1.54) is 12.1 Å². The Labute approximate surface area is 193 Å². The summed E-state index contributed by atoms with van der Waals surface area (Å²) in [6.07, 6.45) is -3.45. The van der Waals surface area contributed by atoms with Crippen LogP contribution in [-0.4, -0.2) is 65.4 Å². The summed E-state index contributed by atoms with van der Waals surface area (Å²) in [5, 5.41) is 4.87. The zero-order chi connectivity index (χ0) is 25.0. The lowest BCUT2D eigenvalue weighted by atomic mass is 10.1. The fraction of sp³-hybridized carbons (Fsp3) is 0.565. The number of nitrogens with zero attached hydrogens (tertiary/aromatic N) is 1. The third kappa shape index (κ3) is 8.03. The van der Waals surface area contributed by atoms with Crippen LogP contribution >= 0.6 is 0 Å². The van der Waals surface area contributed by atoms with E-state index in [-0.39, 0.29) is 30.6 Å². The number of nitrogens with one attached hydrogen (secondary N) is 2. The molecule has 9 nitrogen and oxygen atoms in total. The van der Waals surface area contributed by atoms with Crippen LogP contribution in [0.3, 0.4) is 0 Å². The summed E-state index contributed by atoms with van der Waals surface area (Å²) in [5.74, 6) is -1.04. The van der Waals surface area contributed by atoms with E-state index in [1.54, 1.807) is 53.7 Å². The molecule has 0 radical (unpaired) electrons. The van der Waals surface area contributed by atoms with Crippen molar-refractivity contribution in [1.82, 2.24) is 15.5 Å². The van der Waals surface area contributed by atoms with Crippen LogP contribution in [0.15, 0.2) is 24.3 Å². The average molecular weight is 466 g/mol. The second kappa shape index (κ2) is 10.2. The molecule has 0 fully saturated rings. The van der Waals surface area contributed by atoms with Gasteiger partial charge in [-0.2, -0.15) is 0 Å². The number of carbonyl (C=O) groups is 4. The van der Waals surface area contributed by atoms with Crippen molar-refractivity contribution >= 4 is 24.0 Å². The van der Waals surface area contributed by atoms with Crippen molar-refractivity contribution in [2.45, 2.75) is 71.4 Å². The van der Waals surface area contributed by atoms with Gasteiger partial charge in [0.15, 0.2) is 0 Å². The van der Waals surface area contributed by atoms with Crippen molar-refractivity contribution < 1.29 is 33.0 Å². The Balaban J connectivity index is 2.07. The summed E-state index contributed by atoms with van der Waals surface area (Å²) in [7, 11) is 0. The molecule has 0 aliphatic carbocycles. The molecule has 0 bridgehead atoms. The number of amides is 4. The smallest absolute Gasteiger partial charge is 0.407 e. The number of fused-ring (bicyclic) bond motifs is 1. The van der Waals surface area contributed by atoms with Crippen LogP contribution in [-0.2, 0) is 9.47 Å². The molecule has 182 valence electrons. The second-order valence-corrected chi connectivity index (χ2v) is 9.83. The minimum Gasteiger partial charge on any atom is -0.444 e. The number of ether oxygens (including phenoxy) is 2. The molecule has 2 atom stereocenters. The van der Waals surface area contributed by atoms with Crippen LogP contribution in [0.2, 0.25) is 0 Å². The topological polar surface area (TPSA) is 114 Å². The highest BCUT2D eigenvalue weighted by molar-refractivity contribution is 6.21. The summed E-state index contributed by atoms with van der Waals surface area (Å²) in [6, 6.07) is 5.41. The van der Waals surface area contributed by atoms with Gasteiger partial charge in [0.2, 0.25) is 0 Å². The average Bonchev–Trinajstić information content (AvgIpc) is 2.89. The molecule has 2 N–H and O–H groups in total. The van der Waals surface area contributed by atoms with Crippen LogP contribution < -0.4 is 10.6 Å². The molecule has 0 saturated heterocycles. The summed E-state index contributed by atoms with van der Waals surface area (Å²) in [4.78, 5) is 50.4. The first-order valence-electron chi connectivity index (χ1n) is 10.7. The Bertz CT molecular complexity index is 871. The van der Waals surface area contributed by atoms with Crippen molar-refractivity contribution in [2.24, 2.45) is 0 Å². The predicted octanol–water partition coefficient (Wildman–Crippen LogP) is 3.43. The van der Waals surface area contributed by atoms with Gasteiger partial charge >= 0.3 is 12.2 Å². The predicted molar refractivity (Wildman–Crippen MR) is 119 cm³/mol. The number of imide groups is 1. The molecule has 1 heterocycles. The van der Waals surface area contributed by atoms with E-state index in [0.717, 1.165) is 4.90 Å². The minimum absolute atomic E-state index is 0.252. The highest BCUT2D eigenvalue weighted by atomic mass is 19.1. The first-order valence-corrected chi connectivity index (χ1v) is 10.7. The summed E-state index contributed by atoms with van der Waals surface area (Å²) in [6.45, 7) is 9.45. The normalized spacial score (nSPS) is 15.5. The summed E-state index contributed by atoms with van der Waals surface area (Å²) < 4.78 is 25.0. The number of hydrogen-bond acceptors (Lipinski definition) is 6. The quantitative estimate of drug-likeness (QED) is 0.597. The van der Waals surface area contributed by atoms with E-state index >= 15 is 0 Å². The molecular weight excluding hydrogens is 433 g/mol. The van der Waals surface area contributed by atoms with Crippen LogP contribution in [0, 0.1) is 0 Å². The van der Waals surface area contributed by atoms with Crippen LogP contribution in [0.1, 0.15) is 68.7 Å². The summed E-state index contributed by atoms with van der Waals surface area (Å²) in [5.41, 5.74) is -1.02. The van der Waals surface area contributed by atoms with E-state index in [4.69, 9.17) is 9.47 Å². The van der Waals surface area contributed by atoms with Gasteiger partial charge in [-0.05, 0) is 53.7 Å². The first kappa shape index (κ1) is 26.1. The van der Waals surface area contributed by atoms with Crippen molar-refractivity contribution in [2.75, 3.05) is 13.1 Å². The molecule has 10 heteroatoms. The van der Waals surface area contributed by atoms with Gasteiger partial charge in [0.1, 0.15) is 17.4 Å². The Morgan fingerprint density at radius 2 is 1.42 bits per heavy atom. The maximum Gasteiger partial charge on any atom is 0.407 e. The van der Waals surface area contributed by atoms with Gasteiger partial charge in [-0.1, -0.05) is 12.1 Å². The number of benzene rings is 1. The lowest BCUT2D eigenvalue weighted by molar-refractivity contribution is 0.0442. The van der Waals surface area contributed by atoms with Gasteiger partial charge in [0.25, 0.3) is 11.8 Å². The Kier molecular flexibility index (Phi) is 8.05. The molecule has 0 saturated carbocycles. The fourth-order valence-electron chi connectivity index (χ4n) is 3.18. The zero-order valence-corrected chi connectivity index (χ0v) is 19.9. The molecular formula is C23H32FN3O6. The molecule has 1 unspecified atom stereocenters. The van der Waals surface area contributed by atoms with E-state index < -0.39 is 47.4 Å². The van der Waals surface area contributed by atoms with E-state index in [1.807, 2.05) is 0 Å². The SMILES string of the molecule is CC(C)(C)OC(=O)NCC(F)C[C@H](CN1C(=O)c2ccccc2C1=O)NC(=O)OC(C)(C)C. The lowest BCUT2D eigenvalue weighted by Gasteiger charge is -2.27. The number of rotatable bonds is 7. The van der Waals surface area contributed by atoms with Crippen molar-refractivity contribution in [1.29, 1.82) is 0 Å². The molecule has 1 aromatic rings. The maximum atomic E-state index is 14.7. The Morgan fingerprint density at radius 1 is 0.939 bits per heavy atom. The molecule has 1 aliphatic rings. The first-order chi connectivity index (χ1) is 15.2. The molecule has 0 aromatic heterocycles. The van der Waals surface area contributed by atoms with Crippen molar-refractivity contribution in [3.05, 3.63) is 35.4 Å². The number of alkyl halides is 1. The molecule has 4 amide bonds. The van der Waals surface area contributed by atoms with Gasteiger partial charge in [-0.25, -0.2) is 14.0 Å². The van der Waals surface area contributed by atoms with Gasteiger partial charge in [-0.15, -0.1) is 0 Å². The van der Waals surface area contributed by atoms with Crippen LogP contribution in [0.5, 0.6) is 0 Å². The van der Waals surface area contributed by atoms with Crippen LogP contribution in [0.25, 0.3) is 0 Å². The fourth-order valence-corrected chi connectivity index (χ4v) is 3.18. The van der Waals surface area contributed by atoms with Gasteiger partial charge in [0, 0.05) is 13.0 Å². The van der Waals surface area contributed by atoms with Crippen molar-refractivity contribution in [3.63, 3.8) is 0 Å². The van der Waals surface area contributed by atoms with E-state index in [0.29, 0.717) is 0 Å². The number of carbonyl (C=O) groups excluding carboxylic acids is 4. The third-order valence-corrected chi connectivity index (χ3v) is 4.41. The molecule has 0 spiro atoms. The Hall–Kier alpha value is -3.17. The maximum absolute atomic E-state index is 14.7. The number of halogens is 1. The third-order valence-electron chi connectivity index (χ3n) is 4.41. The summed E-state index contributed by atoms with van der Waals surface area (Å²) >= 11 is 0. The highest BCUT2D eigenvalue weighted by Crippen LogP contribution is 2.23. The van der Waals surface area contributed by atoms with Gasteiger partial charge < -0.3 is 20.1 Å². The standard InChI is InChI=1S/C23H32FN3O6/c1-22(2,3)32-20(30)25-12-14(24)11-15(26-21(31)33-23(4,5)6)13-27-18(28)16-9-7-8-10-17(16)19(27)29/h7-10,14-15H,11-13H2,1-6H3,(H,25,30)(H,26,31)/t14?,15-/m1/s1.